The first-order chi connectivity index (χ1) is 21.2. The fourth-order valence-corrected chi connectivity index (χ4v) is 9.11. The molecule has 8 heteroatoms. The van der Waals surface area contributed by atoms with Crippen LogP contribution in [0.3, 0.4) is 0 Å². The van der Waals surface area contributed by atoms with Crippen LogP contribution in [-0.2, 0) is 22.8 Å². The number of rotatable bonds is 18. The Morgan fingerprint density at radius 1 is 0.638 bits per heavy atom. The summed E-state index contributed by atoms with van der Waals surface area (Å²) in [6, 6.07) is 10.1. The molecule has 1 aromatic carbocycles. The van der Waals surface area contributed by atoms with Crippen LogP contribution >= 0.6 is 0 Å². The van der Waals surface area contributed by atoms with E-state index in [9.17, 15) is 4.79 Å². The molecule has 0 N–H and O–H groups in total. The van der Waals surface area contributed by atoms with Crippen molar-refractivity contribution >= 4 is 30.9 Å². The first kappa shape index (κ1) is 43.8. The van der Waals surface area contributed by atoms with E-state index in [0.717, 1.165) is 37.7 Å². The highest BCUT2D eigenvalue weighted by Crippen LogP contribution is 2.42. The summed E-state index contributed by atoms with van der Waals surface area (Å²) in [4.78, 5) is 12.1. The van der Waals surface area contributed by atoms with Gasteiger partial charge in [0, 0.05) is 25.6 Å². The molecule has 0 saturated heterocycles. The fourth-order valence-electron chi connectivity index (χ4n) is 4.88. The molecule has 0 aliphatic carbocycles. The molecule has 0 aromatic heterocycles. The maximum Gasteiger partial charge on any atom is 0.303 e. The Labute approximate surface area is 294 Å². The van der Waals surface area contributed by atoms with Gasteiger partial charge in [-0.1, -0.05) is 92.6 Å². The quantitative estimate of drug-likeness (QED) is 0.0865. The average molecular weight is 705 g/mol. The molecule has 0 amide bonds. The predicted molar refractivity (Wildman–Crippen MR) is 208 cm³/mol. The number of hydrogen-bond acceptors (Lipinski definition) is 5. The highest BCUT2D eigenvalue weighted by Gasteiger charge is 2.42. The van der Waals surface area contributed by atoms with Crippen molar-refractivity contribution in [3.63, 3.8) is 0 Å². The van der Waals surface area contributed by atoms with Gasteiger partial charge in [0.05, 0.1) is 6.10 Å². The van der Waals surface area contributed by atoms with Gasteiger partial charge in [-0.25, -0.2) is 0 Å². The van der Waals surface area contributed by atoms with Crippen molar-refractivity contribution in [3.8, 4) is 12.3 Å². The van der Waals surface area contributed by atoms with E-state index in [-0.39, 0.29) is 45.5 Å². The third-order valence-electron chi connectivity index (χ3n) is 11.0. The van der Waals surface area contributed by atoms with Gasteiger partial charge in [0.15, 0.2) is 25.0 Å². The van der Waals surface area contributed by atoms with Crippen molar-refractivity contribution in [2.45, 2.75) is 193 Å². The normalized spacial score (nSPS) is 16.2. The van der Waals surface area contributed by atoms with Gasteiger partial charge in [0.2, 0.25) is 0 Å². The largest absolute Gasteiger partial charge is 0.458 e. The number of carbonyl (C=O) groups excluding carboxylic acids is 1. The topological polar surface area (TPSA) is 54.0 Å². The molecule has 4 atom stereocenters. The minimum atomic E-state index is -2.07. The van der Waals surface area contributed by atoms with E-state index in [4.69, 9.17) is 24.4 Å². The molecule has 1 rings (SSSR count). The predicted octanol–water partition coefficient (Wildman–Crippen LogP) is 11.8. The minimum Gasteiger partial charge on any atom is -0.458 e. The molecule has 0 spiro atoms. The summed E-state index contributed by atoms with van der Waals surface area (Å²) < 4.78 is 27.0. The summed E-state index contributed by atoms with van der Waals surface area (Å²) in [5.41, 5.74) is 1.02. The molecular weight excluding hydrogens is 633 g/mol. The van der Waals surface area contributed by atoms with E-state index in [2.05, 4.69) is 108 Å². The van der Waals surface area contributed by atoms with E-state index in [1.807, 2.05) is 30.3 Å². The fraction of sp³-hybridized carbons (Fsp3) is 0.769. The lowest BCUT2D eigenvalue weighted by Gasteiger charge is -2.42. The number of esters is 1. The van der Waals surface area contributed by atoms with E-state index in [1.54, 1.807) is 0 Å². The Bertz CT molecular complexity index is 1120. The molecule has 0 fully saturated rings. The molecule has 0 saturated carbocycles. The van der Waals surface area contributed by atoms with Crippen LogP contribution in [0.15, 0.2) is 30.3 Å². The summed E-state index contributed by atoms with van der Waals surface area (Å²) in [6.07, 6.45) is 11.4. The Morgan fingerprint density at radius 3 is 1.32 bits per heavy atom. The van der Waals surface area contributed by atoms with Gasteiger partial charge in [0.25, 0.3) is 0 Å². The lowest BCUT2D eigenvalue weighted by molar-refractivity contribution is -0.147. The lowest BCUT2D eigenvalue weighted by atomic mass is 9.98. The molecule has 0 aliphatic rings. The Morgan fingerprint density at radius 2 is 0.979 bits per heavy atom. The van der Waals surface area contributed by atoms with Crippen molar-refractivity contribution in [1.82, 2.24) is 0 Å². The van der Waals surface area contributed by atoms with Crippen molar-refractivity contribution in [2.24, 2.45) is 0 Å². The van der Waals surface area contributed by atoms with Gasteiger partial charge in [-0.15, -0.1) is 12.3 Å². The van der Waals surface area contributed by atoms with Gasteiger partial charge in [-0.3, -0.25) is 4.79 Å². The van der Waals surface area contributed by atoms with E-state index in [1.165, 1.54) is 6.92 Å². The number of ether oxygens (including phenoxy) is 1. The van der Waals surface area contributed by atoms with E-state index >= 15 is 0 Å². The van der Waals surface area contributed by atoms with Gasteiger partial charge in [-0.05, 0) is 98.5 Å². The van der Waals surface area contributed by atoms with Gasteiger partial charge >= 0.3 is 5.97 Å². The Balaban J connectivity index is 3.33. The molecular formula is C39H72O5Si3. The van der Waals surface area contributed by atoms with Gasteiger partial charge < -0.3 is 18.0 Å². The van der Waals surface area contributed by atoms with E-state index < -0.39 is 25.0 Å². The van der Waals surface area contributed by atoms with Crippen molar-refractivity contribution in [2.75, 3.05) is 0 Å². The van der Waals surface area contributed by atoms with Crippen LogP contribution in [0.5, 0.6) is 0 Å². The Kier molecular flexibility index (Phi) is 16.4. The molecule has 4 unspecified atom stereocenters. The smallest absolute Gasteiger partial charge is 0.303 e. The number of hydrogen-bond donors (Lipinski definition) is 0. The SMILES string of the molecule is C#CCC(CCC(CCC(CCC(OC(C)=O)c1ccccc1)O[Si](C)(C)C(C)(C)C)O[Si](C)(C)C(C)(C)C)O[Si](C)(C)C(C)(C)C. The van der Waals surface area contributed by atoms with Crippen molar-refractivity contribution in [3.05, 3.63) is 35.9 Å². The maximum absolute atomic E-state index is 12.1. The monoisotopic (exact) mass is 704 g/mol. The Hall–Kier alpha value is -1.22. The molecule has 270 valence electrons. The standard InChI is InChI=1S/C39H72O5Si3/c1-18-22-33(42-45(12,13)37(3,4)5)25-26-34(43-46(14,15)38(6,7)8)27-28-35(44-47(16,17)39(9,10)11)29-30-36(41-31(2)40)32-23-20-19-21-24-32/h1,19-21,23-24,33-36H,22,25-30H2,2-17H3. The number of benzene rings is 1. The zero-order valence-corrected chi connectivity index (χ0v) is 36.3. The van der Waals surface area contributed by atoms with Crippen LogP contribution in [0.1, 0.15) is 126 Å². The average Bonchev–Trinajstić information content (AvgIpc) is 2.90. The summed E-state index contributed by atoms with van der Waals surface area (Å²) >= 11 is 0. The number of carbonyl (C=O) groups is 1. The summed E-state index contributed by atoms with van der Waals surface area (Å²) in [7, 11) is -6.09. The van der Waals surface area contributed by atoms with Crippen molar-refractivity contribution in [1.29, 1.82) is 0 Å². The zero-order chi connectivity index (χ0) is 36.5. The zero-order valence-electron chi connectivity index (χ0n) is 33.3. The third-order valence-corrected chi connectivity index (χ3v) is 24.6. The van der Waals surface area contributed by atoms with E-state index in [0.29, 0.717) is 12.8 Å². The van der Waals surface area contributed by atoms with Crippen LogP contribution in [-0.4, -0.2) is 49.2 Å². The maximum atomic E-state index is 12.1. The third kappa shape index (κ3) is 14.7. The van der Waals surface area contributed by atoms with Crippen LogP contribution in [0.25, 0.3) is 0 Å². The summed E-state index contributed by atoms with van der Waals surface area (Å²) in [5.74, 6) is 2.64. The summed E-state index contributed by atoms with van der Waals surface area (Å²) in [5, 5.41) is 0.306. The highest BCUT2D eigenvalue weighted by molar-refractivity contribution is 6.75. The van der Waals surface area contributed by atoms with Crippen LogP contribution in [0.2, 0.25) is 54.4 Å². The molecule has 0 radical (unpaired) electrons. The minimum absolute atomic E-state index is 0.0287. The second-order valence-corrected chi connectivity index (χ2v) is 32.4. The first-order valence-electron chi connectivity index (χ1n) is 17.9. The molecule has 0 aliphatic heterocycles. The van der Waals surface area contributed by atoms with Gasteiger partial charge in [-0.2, -0.15) is 0 Å². The van der Waals surface area contributed by atoms with Crippen molar-refractivity contribution < 1.29 is 22.8 Å². The molecule has 0 bridgehead atoms. The number of terminal acetylenes is 1. The molecule has 1 aromatic rings. The van der Waals surface area contributed by atoms with Crippen LogP contribution in [0.4, 0.5) is 0 Å². The lowest BCUT2D eigenvalue weighted by Crippen LogP contribution is -2.46. The van der Waals surface area contributed by atoms with Gasteiger partial charge in [0.1, 0.15) is 6.10 Å². The second-order valence-electron chi connectivity index (χ2n) is 18.1. The van der Waals surface area contributed by atoms with Crippen LogP contribution < -0.4 is 0 Å². The first-order valence-corrected chi connectivity index (χ1v) is 26.6. The second kappa shape index (κ2) is 17.6. The van der Waals surface area contributed by atoms with Crippen LogP contribution in [0, 0.1) is 12.3 Å². The molecule has 47 heavy (non-hydrogen) atoms. The summed E-state index contributed by atoms with van der Waals surface area (Å²) in [6.45, 7) is 36.1. The highest BCUT2D eigenvalue weighted by atomic mass is 28.4. The molecule has 0 heterocycles. The molecule has 5 nitrogen and oxygen atoms in total.